The van der Waals surface area contributed by atoms with Gasteiger partial charge in [-0.25, -0.2) is 4.98 Å². The van der Waals surface area contributed by atoms with E-state index in [4.69, 9.17) is 4.74 Å². The summed E-state index contributed by atoms with van der Waals surface area (Å²) in [7, 11) is 1.67. The normalized spacial score (nSPS) is 10.4. The quantitative estimate of drug-likeness (QED) is 0.618. The molecule has 5 heteroatoms. The zero-order chi connectivity index (χ0) is 19.8. The van der Waals surface area contributed by atoms with Crippen LogP contribution >= 0.6 is 0 Å². The summed E-state index contributed by atoms with van der Waals surface area (Å²) in [6.45, 7) is 2.81. The molecule has 0 saturated carbocycles. The number of nitrogens with zero attached hydrogens (tertiary/aromatic N) is 1. The van der Waals surface area contributed by atoms with Crippen molar-refractivity contribution in [3.8, 4) is 5.75 Å². The molecule has 1 heterocycles. The second kappa shape index (κ2) is 9.55. The third kappa shape index (κ3) is 5.58. The number of benzene rings is 2. The number of rotatable bonds is 8. The van der Waals surface area contributed by atoms with Crippen LogP contribution in [0.3, 0.4) is 0 Å². The van der Waals surface area contributed by atoms with Gasteiger partial charge in [0.25, 0.3) is 0 Å². The second-order valence-corrected chi connectivity index (χ2v) is 6.61. The lowest BCUT2D eigenvalue weighted by molar-refractivity contribution is -0.115. The number of aryl methyl sites for hydroxylation is 1. The molecule has 0 aliphatic rings. The van der Waals surface area contributed by atoms with Crippen LogP contribution in [0, 0.1) is 6.92 Å². The summed E-state index contributed by atoms with van der Waals surface area (Å²) >= 11 is 0. The highest BCUT2D eigenvalue weighted by molar-refractivity contribution is 5.91. The summed E-state index contributed by atoms with van der Waals surface area (Å²) in [4.78, 5) is 16.5. The Morgan fingerprint density at radius 2 is 1.82 bits per heavy atom. The first-order valence-electron chi connectivity index (χ1n) is 9.31. The van der Waals surface area contributed by atoms with Crippen LogP contribution < -0.4 is 15.4 Å². The molecule has 0 aliphatic heterocycles. The maximum Gasteiger partial charge on any atom is 0.229 e. The van der Waals surface area contributed by atoms with Gasteiger partial charge in [-0.2, -0.15) is 0 Å². The van der Waals surface area contributed by atoms with E-state index in [1.54, 1.807) is 13.3 Å². The van der Waals surface area contributed by atoms with Crippen molar-refractivity contribution in [3.63, 3.8) is 0 Å². The molecule has 5 nitrogen and oxygen atoms in total. The van der Waals surface area contributed by atoms with Crippen molar-refractivity contribution in [2.45, 2.75) is 19.8 Å². The van der Waals surface area contributed by atoms with Crippen LogP contribution in [0.25, 0.3) is 0 Å². The standard InChI is InChI=1S/C23H25N3O2/c1-17-5-3-4-6-19(17)15-23(27)26-22-12-9-20(16-25-22)24-14-13-18-7-10-21(28-2)11-8-18/h3-12,16,24H,13-15H2,1-2H3,(H,25,26,27). The maximum atomic E-state index is 12.2. The molecule has 0 fully saturated rings. The molecule has 0 radical (unpaired) electrons. The molecule has 1 aromatic heterocycles. The number of carbonyl (C=O) groups is 1. The van der Waals surface area contributed by atoms with Gasteiger partial charge in [-0.15, -0.1) is 0 Å². The smallest absolute Gasteiger partial charge is 0.229 e. The Hall–Kier alpha value is -3.34. The molecule has 28 heavy (non-hydrogen) atoms. The lowest BCUT2D eigenvalue weighted by atomic mass is 10.1. The number of ether oxygens (including phenoxy) is 1. The molecule has 0 aliphatic carbocycles. The summed E-state index contributed by atoms with van der Waals surface area (Å²) in [6.07, 6.45) is 2.98. The molecule has 144 valence electrons. The molecule has 3 rings (SSSR count). The van der Waals surface area contributed by atoms with E-state index in [0.29, 0.717) is 12.2 Å². The monoisotopic (exact) mass is 375 g/mol. The van der Waals surface area contributed by atoms with E-state index in [1.807, 2.05) is 55.5 Å². The molecule has 0 bridgehead atoms. The number of hydrogen-bond acceptors (Lipinski definition) is 4. The predicted octanol–water partition coefficient (Wildman–Crippen LogP) is 4.23. The van der Waals surface area contributed by atoms with Crippen molar-refractivity contribution < 1.29 is 9.53 Å². The number of hydrogen-bond donors (Lipinski definition) is 2. The fourth-order valence-electron chi connectivity index (χ4n) is 2.88. The van der Waals surface area contributed by atoms with Gasteiger partial charge in [-0.3, -0.25) is 4.79 Å². The molecule has 3 aromatic rings. The molecule has 0 saturated heterocycles. The highest BCUT2D eigenvalue weighted by atomic mass is 16.5. The summed E-state index contributed by atoms with van der Waals surface area (Å²) in [5.74, 6) is 1.35. The van der Waals surface area contributed by atoms with Crippen molar-refractivity contribution >= 4 is 17.4 Å². The first-order chi connectivity index (χ1) is 13.6. The number of nitrogens with one attached hydrogen (secondary N) is 2. The van der Waals surface area contributed by atoms with E-state index in [-0.39, 0.29) is 5.91 Å². The summed E-state index contributed by atoms with van der Waals surface area (Å²) in [5, 5.41) is 6.19. The number of aromatic nitrogens is 1. The van der Waals surface area contributed by atoms with Crippen molar-refractivity contribution in [2.24, 2.45) is 0 Å². The molecule has 0 unspecified atom stereocenters. The second-order valence-electron chi connectivity index (χ2n) is 6.61. The Morgan fingerprint density at radius 3 is 2.50 bits per heavy atom. The summed E-state index contributed by atoms with van der Waals surface area (Å²) in [6, 6.07) is 19.7. The van der Waals surface area contributed by atoms with Gasteiger partial charge in [-0.1, -0.05) is 36.4 Å². The van der Waals surface area contributed by atoms with Crippen LogP contribution in [0.1, 0.15) is 16.7 Å². The summed E-state index contributed by atoms with van der Waals surface area (Å²) in [5.41, 5.74) is 4.30. The molecular formula is C23H25N3O2. The van der Waals surface area contributed by atoms with Gasteiger partial charge < -0.3 is 15.4 Å². The van der Waals surface area contributed by atoms with Gasteiger partial charge in [0, 0.05) is 6.54 Å². The Balaban J connectivity index is 1.46. The van der Waals surface area contributed by atoms with Crippen LogP contribution in [0.5, 0.6) is 5.75 Å². The molecule has 1 amide bonds. The van der Waals surface area contributed by atoms with E-state index < -0.39 is 0 Å². The fraction of sp³-hybridized carbons (Fsp3) is 0.217. The fourth-order valence-corrected chi connectivity index (χ4v) is 2.88. The third-order valence-corrected chi connectivity index (χ3v) is 4.55. The van der Waals surface area contributed by atoms with Crippen LogP contribution in [-0.2, 0) is 17.6 Å². The average Bonchev–Trinajstić information content (AvgIpc) is 2.71. The largest absolute Gasteiger partial charge is 0.497 e. The van der Waals surface area contributed by atoms with E-state index in [9.17, 15) is 4.79 Å². The predicted molar refractivity (Wildman–Crippen MR) is 113 cm³/mol. The SMILES string of the molecule is COc1ccc(CCNc2ccc(NC(=O)Cc3ccccc3C)nc2)cc1. The summed E-state index contributed by atoms with van der Waals surface area (Å²) < 4.78 is 5.17. The first-order valence-corrected chi connectivity index (χ1v) is 9.31. The highest BCUT2D eigenvalue weighted by Crippen LogP contribution is 2.14. The van der Waals surface area contributed by atoms with Gasteiger partial charge >= 0.3 is 0 Å². The maximum absolute atomic E-state index is 12.2. The van der Waals surface area contributed by atoms with Crippen LogP contribution in [0.15, 0.2) is 66.9 Å². The van der Waals surface area contributed by atoms with Crippen molar-refractivity contribution in [1.82, 2.24) is 4.98 Å². The first kappa shape index (κ1) is 19.4. The lowest BCUT2D eigenvalue weighted by Gasteiger charge is -2.09. The molecule has 0 spiro atoms. The van der Waals surface area contributed by atoms with Gasteiger partial charge in [-0.05, 0) is 54.3 Å². The van der Waals surface area contributed by atoms with Gasteiger partial charge in [0.1, 0.15) is 11.6 Å². The number of methoxy groups -OCH3 is 1. The minimum absolute atomic E-state index is 0.0676. The molecule has 2 aromatic carbocycles. The van der Waals surface area contributed by atoms with E-state index >= 15 is 0 Å². The van der Waals surface area contributed by atoms with Gasteiger partial charge in [0.2, 0.25) is 5.91 Å². The Bertz CT molecular complexity index is 906. The van der Waals surface area contributed by atoms with E-state index in [2.05, 4.69) is 27.8 Å². The van der Waals surface area contributed by atoms with Crippen molar-refractivity contribution in [3.05, 3.63) is 83.6 Å². The van der Waals surface area contributed by atoms with Gasteiger partial charge in [0.05, 0.1) is 25.4 Å². The lowest BCUT2D eigenvalue weighted by Crippen LogP contribution is -2.16. The number of pyridine rings is 1. The minimum atomic E-state index is -0.0676. The zero-order valence-electron chi connectivity index (χ0n) is 16.2. The Kier molecular flexibility index (Phi) is 6.63. The van der Waals surface area contributed by atoms with E-state index in [0.717, 1.165) is 35.5 Å². The van der Waals surface area contributed by atoms with E-state index in [1.165, 1.54) is 5.56 Å². The van der Waals surface area contributed by atoms with Crippen LogP contribution in [0.4, 0.5) is 11.5 Å². The van der Waals surface area contributed by atoms with Crippen LogP contribution in [0.2, 0.25) is 0 Å². The molecule has 0 atom stereocenters. The molecular weight excluding hydrogens is 350 g/mol. The third-order valence-electron chi connectivity index (χ3n) is 4.55. The van der Waals surface area contributed by atoms with Crippen molar-refractivity contribution in [1.29, 1.82) is 0 Å². The topological polar surface area (TPSA) is 63.2 Å². The zero-order valence-corrected chi connectivity index (χ0v) is 16.2. The minimum Gasteiger partial charge on any atom is -0.497 e. The van der Waals surface area contributed by atoms with Crippen molar-refractivity contribution in [2.75, 3.05) is 24.3 Å². The van der Waals surface area contributed by atoms with Gasteiger partial charge in [0.15, 0.2) is 0 Å². The number of carbonyl (C=O) groups excluding carboxylic acids is 1. The highest BCUT2D eigenvalue weighted by Gasteiger charge is 2.07. The van der Waals surface area contributed by atoms with Crippen LogP contribution in [-0.4, -0.2) is 24.5 Å². The number of amides is 1. The average molecular weight is 375 g/mol. The Morgan fingerprint density at radius 1 is 1.04 bits per heavy atom. The number of anilines is 2. The molecule has 2 N–H and O–H groups in total. The Labute approximate surface area is 165 Å².